The zero-order chi connectivity index (χ0) is 15.7. The molecule has 4 heteroatoms. The minimum Gasteiger partial charge on any atom is -0.382 e. The van der Waals surface area contributed by atoms with Crippen LogP contribution in [0.4, 0.5) is 5.69 Å². The molecule has 0 amide bonds. The number of nitrogens with one attached hydrogen (secondary N) is 1. The fourth-order valence-corrected chi connectivity index (χ4v) is 3.91. The maximum atomic E-state index is 3.81. The number of rotatable bonds is 4. The quantitative estimate of drug-likeness (QED) is 0.753. The molecule has 120 valence electrons. The van der Waals surface area contributed by atoms with Crippen molar-refractivity contribution >= 4 is 39.2 Å². The van der Waals surface area contributed by atoms with Gasteiger partial charge >= 0.3 is 0 Å². The van der Waals surface area contributed by atoms with Gasteiger partial charge in [-0.3, -0.25) is 0 Å². The summed E-state index contributed by atoms with van der Waals surface area (Å²) in [6.45, 7) is 8.02. The lowest BCUT2D eigenvalue weighted by Crippen LogP contribution is -2.36. The number of hydrogen-bond acceptors (Lipinski definition) is 2. The Hall–Kier alpha value is -0.750. The van der Waals surface area contributed by atoms with E-state index in [9.17, 15) is 0 Å². The minimum absolute atomic E-state index is 0.603. The highest BCUT2D eigenvalue weighted by molar-refractivity contribution is 14.1. The van der Waals surface area contributed by atoms with Gasteiger partial charge in [-0.1, -0.05) is 13.8 Å². The van der Waals surface area contributed by atoms with E-state index in [0.29, 0.717) is 12.0 Å². The third-order valence-electron chi connectivity index (χ3n) is 4.49. The molecule has 0 spiro atoms. The third kappa shape index (κ3) is 3.59. The smallest absolute Gasteiger partial charge is 0.0511 e. The van der Waals surface area contributed by atoms with Gasteiger partial charge in [0.1, 0.15) is 0 Å². The highest BCUT2D eigenvalue weighted by atomic mass is 127. The molecule has 1 aliphatic heterocycles. The van der Waals surface area contributed by atoms with E-state index in [-0.39, 0.29) is 0 Å². The van der Waals surface area contributed by atoms with Crippen LogP contribution in [0.15, 0.2) is 24.4 Å². The summed E-state index contributed by atoms with van der Waals surface area (Å²) in [6.07, 6.45) is 4.70. The van der Waals surface area contributed by atoms with E-state index in [0.717, 1.165) is 6.54 Å². The molecule has 2 heterocycles. The van der Waals surface area contributed by atoms with Crippen LogP contribution in [-0.2, 0) is 6.54 Å². The first-order valence-corrected chi connectivity index (χ1v) is 9.34. The Morgan fingerprint density at radius 1 is 1.27 bits per heavy atom. The Balaban J connectivity index is 1.87. The maximum Gasteiger partial charge on any atom is 0.0511 e. The fraction of sp³-hybridized carbons (Fsp3) is 0.556. The number of benzene rings is 1. The molecule has 0 bridgehead atoms. The van der Waals surface area contributed by atoms with Crippen molar-refractivity contribution in [3.05, 3.63) is 28.0 Å². The van der Waals surface area contributed by atoms with Gasteiger partial charge in [-0.05, 0) is 79.7 Å². The lowest BCUT2D eigenvalue weighted by Gasteiger charge is -2.30. The van der Waals surface area contributed by atoms with Crippen LogP contribution in [0.1, 0.15) is 26.7 Å². The van der Waals surface area contributed by atoms with Crippen LogP contribution in [0.2, 0.25) is 0 Å². The number of nitrogens with zero attached hydrogens (tertiary/aromatic N) is 2. The average Bonchev–Trinajstić information content (AvgIpc) is 2.84. The van der Waals surface area contributed by atoms with Gasteiger partial charge in [-0.25, -0.2) is 0 Å². The first-order valence-electron chi connectivity index (χ1n) is 8.26. The summed E-state index contributed by atoms with van der Waals surface area (Å²) >= 11 is 2.44. The monoisotopic (exact) mass is 411 g/mol. The van der Waals surface area contributed by atoms with Crippen molar-refractivity contribution in [2.24, 2.45) is 5.92 Å². The van der Waals surface area contributed by atoms with Gasteiger partial charge in [0, 0.05) is 33.4 Å². The van der Waals surface area contributed by atoms with Crippen LogP contribution in [0.25, 0.3) is 10.9 Å². The molecule has 2 aromatic rings. The molecule has 0 radical (unpaired) electrons. The van der Waals surface area contributed by atoms with E-state index < -0.39 is 0 Å². The number of hydrogen-bond donors (Lipinski definition) is 1. The molecular formula is C18H26IN3. The molecule has 0 aliphatic carbocycles. The zero-order valence-corrected chi connectivity index (χ0v) is 15.9. The van der Waals surface area contributed by atoms with Crippen molar-refractivity contribution in [3.8, 4) is 0 Å². The molecule has 1 saturated heterocycles. The number of fused-ring (bicyclic) bond motifs is 1. The van der Waals surface area contributed by atoms with Gasteiger partial charge in [0.15, 0.2) is 0 Å². The van der Waals surface area contributed by atoms with Crippen LogP contribution < -0.4 is 5.32 Å². The van der Waals surface area contributed by atoms with E-state index in [1.807, 2.05) is 0 Å². The highest BCUT2D eigenvalue weighted by Crippen LogP contribution is 2.29. The summed E-state index contributed by atoms with van der Waals surface area (Å²) in [5.74, 6) is 0.666. The molecule has 1 N–H and O–H groups in total. The molecule has 0 saturated carbocycles. The molecule has 3 nitrogen and oxygen atoms in total. The van der Waals surface area contributed by atoms with Gasteiger partial charge in [0.25, 0.3) is 0 Å². The highest BCUT2D eigenvalue weighted by Gasteiger charge is 2.18. The molecule has 1 aromatic carbocycles. The molecule has 1 fully saturated rings. The number of aromatic nitrogens is 1. The molecule has 1 aliphatic rings. The lowest BCUT2D eigenvalue weighted by atomic mass is 10.0. The summed E-state index contributed by atoms with van der Waals surface area (Å²) < 4.78 is 3.70. The van der Waals surface area contributed by atoms with Crippen molar-refractivity contribution in [1.82, 2.24) is 9.47 Å². The zero-order valence-electron chi connectivity index (χ0n) is 13.8. The standard InChI is InChI=1S/C18H26IN3/c1-13(2)12-22-9-6-16-17(10-14(19)11-18(16)22)20-15-4-7-21(3)8-5-15/h6,9-11,13,15,20H,4-5,7-8,12H2,1-3H3. The Kier molecular flexibility index (Phi) is 4.97. The number of halogens is 1. The second-order valence-corrected chi connectivity index (χ2v) is 8.22. The second-order valence-electron chi connectivity index (χ2n) is 6.97. The van der Waals surface area contributed by atoms with Crippen LogP contribution in [0.3, 0.4) is 0 Å². The average molecular weight is 411 g/mol. The van der Waals surface area contributed by atoms with Gasteiger partial charge < -0.3 is 14.8 Å². The number of anilines is 1. The summed E-state index contributed by atoms with van der Waals surface area (Å²) in [4.78, 5) is 2.42. The van der Waals surface area contributed by atoms with Crippen LogP contribution in [0, 0.1) is 9.49 Å². The van der Waals surface area contributed by atoms with Crippen LogP contribution in [0.5, 0.6) is 0 Å². The first kappa shape index (κ1) is 16.1. The normalized spacial score (nSPS) is 17.5. The Labute approximate surface area is 147 Å². The number of likely N-dealkylation sites (tertiary alicyclic amines) is 1. The van der Waals surface area contributed by atoms with Crippen molar-refractivity contribution in [2.75, 3.05) is 25.5 Å². The van der Waals surface area contributed by atoms with E-state index in [1.54, 1.807) is 0 Å². The van der Waals surface area contributed by atoms with E-state index >= 15 is 0 Å². The first-order chi connectivity index (χ1) is 10.5. The van der Waals surface area contributed by atoms with Gasteiger partial charge in [0.2, 0.25) is 0 Å². The molecule has 1 aromatic heterocycles. The molecule has 3 rings (SSSR count). The van der Waals surface area contributed by atoms with Gasteiger partial charge in [0.05, 0.1) is 5.52 Å². The largest absolute Gasteiger partial charge is 0.382 e. The molecule has 22 heavy (non-hydrogen) atoms. The Morgan fingerprint density at radius 2 is 2.00 bits per heavy atom. The van der Waals surface area contributed by atoms with Crippen LogP contribution >= 0.6 is 22.6 Å². The molecule has 0 unspecified atom stereocenters. The number of piperidine rings is 1. The summed E-state index contributed by atoms with van der Waals surface area (Å²) in [7, 11) is 2.21. The van der Waals surface area contributed by atoms with Gasteiger partial charge in [-0.15, -0.1) is 0 Å². The predicted octanol–water partition coefficient (Wildman–Crippen LogP) is 4.41. The lowest BCUT2D eigenvalue weighted by molar-refractivity contribution is 0.264. The Morgan fingerprint density at radius 3 is 2.68 bits per heavy atom. The van der Waals surface area contributed by atoms with E-state index in [4.69, 9.17) is 0 Å². The van der Waals surface area contributed by atoms with Crippen molar-refractivity contribution in [3.63, 3.8) is 0 Å². The van der Waals surface area contributed by atoms with E-state index in [2.05, 4.69) is 82.7 Å². The topological polar surface area (TPSA) is 20.2 Å². The van der Waals surface area contributed by atoms with Crippen molar-refractivity contribution < 1.29 is 0 Å². The Bertz CT molecular complexity index is 639. The summed E-state index contributed by atoms with van der Waals surface area (Å²) in [5.41, 5.74) is 2.66. The van der Waals surface area contributed by atoms with Gasteiger partial charge in [-0.2, -0.15) is 0 Å². The molecule has 0 atom stereocenters. The predicted molar refractivity (Wildman–Crippen MR) is 104 cm³/mol. The second kappa shape index (κ2) is 6.79. The van der Waals surface area contributed by atoms with Crippen LogP contribution in [-0.4, -0.2) is 35.6 Å². The SMILES string of the molecule is CC(C)Cn1ccc2c(NC3CCN(C)CC3)cc(I)cc21. The summed E-state index contributed by atoms with van der Waals surface area (Å²) in [6, 6.07) is 7.47. The fourth-order valence-electron chi connectivity index (χ4n) is 3.31. The molecular weight excluding hydrogens is 385 g/mol. The van der Waals surface area contributed by atoms with Crippen molar-refractivity contribution in [1.29, 1.82) is 0 Å². The summed E-state index contributed by atoms with van der Waals surface area (Å²) in [5, 5.41) is 5.17. The van der Waals surface area contributed by atoms with E-state index in [1.165, 1.54) is 46.1 Å². The minimum atomic E-state index is 0.603. The maximum absolute atomic E-state index is 3.81. The third-order valence-corrected chi connectivity index (χ3v) is 5.12. The van der Waals surface area contributed by atoms with Crippen molar-refractivity contribution in [2.45, 2.75) is 39.3 Å².